The molecular formula is C16H12N2OS2. The SMILES string of the molecule is Cc1ccc(N2C(=O)C(=Cc3cccnc3)SC2=S)cc1. The van der Waals surface area contributed by atoms with Crippen LogP contribution in [0.1, 0.15) is 11.1 Å². The Morgan fingerprint density at radius 2 is 2.00 bits per heavy atom. The molecule has 2 heterocycles. The summed E-state index contributed by atoms with van der Waals surface area (Å²) >= 11 is 6.65. The van der Waals surface area contributed by atoms with Gasteiger partial charge >= 0.3 is 0 Å². The molecule has 21 heavy (non-hydrogen) atoms. The van der Waals surface area contributed by atoms with Crippen molar-refractivity contribution in [1.29, 1.82) is 0 Å². The first kappa shape index (κ1) is 14.0. The lowest BCUT2D eigenvalue weighted by Crippen LogP contribution is -2.27. The zero-order chi connectivity index (χ0) is 14.8. The fourth-order valence-electron chi connectivity index (χ4n) is 2.00. The Hall–Kier alpha value is -1.98. The summed E-state index contributed by atoms with van der Waals surface area (Å²) in [5, 5.41) is 0. The van der Waals surface area contributed by atoms with Gasteiger partial charge in [-0.3, -0.25) is 14.7 Å². The Kier molecular flexibility index (Phi) is 3.86. The van der Waals surface area contributed by atoms with Gasteiger partial charge in [0.2, 0.25) is 0 Å². The van der Waals surface area contributed by atoms with Gasteiger partial charge in [0.25, 0.3) is 5.91 Å². The van der Waals surface area contributed by atoms with Crippen molar-refractivity contribution in [1.82, 2.24) is 4.98 Å². The van der Waals surface area contributed by atoms with E-state index in [0.717, 1.165) is 16.8 Å². The number of carbonyl (C=O) groups excluding carboxylic acids is 1. The molecule has 1 saturated heterocycles. The van der Waals surface area contributed by atoms with Gasteiger partial charge in [-0.05, 0) is 36.8 Å². The number of amides is 1. The second-order valence-electron chi connectivity index (χ2n) is 4.64. The van der Waals surface area contributed by atoms with Crippen molar-refractivity contribution in [2.75, 3.05) is 4.90 Å². The number of anilines is 1. The van der Waals surface area contributed by atoms with Gasteiger partial charge in [-0.25, -0.2) is 0 Å². The number of thioether (sulfide) groups is 1. The van der Waals surface area contributed by atoms with Crippen LogP contribution in [0.3, 0.4) is 0 Å². The number of hydrogen-bond acceptors (Lipinski definition) is 4. The molecule has 1 aromatic carbocycles. The van der Waals surface area contributed by atoms with Crippen molar-refractivity contribution in [3.05, 3.63) is 64.8 Å². The van der Waals surface area contributed by atoms with Crippen LogP contribution in [0.5, 0.6) is 0 Å². The van der Waals surface area contributed by atoms with E-state index in [2.05, 4.69) is 4.98 Å². The van der Waals surface area contributed by atoms with E-state index in [1.807, 2.05) is 49.4 Å². The number of aryl methyl sites for hydroxylation is 1. The molecule has 3 nitrogen and oxygen atoms in total. The highest BCUT2D eigenvalue weighted by molar-refractivity contribution is 8.27. The lowest BCUT2D eigenvalue weighted by molar-refractivity contribution is -0.113. The summed E-state index contributed by atoms with van der Waals surface area (Å²) in [6.45, 7) is 2.01. The Morgan fingerprint density at radius 1 is 1.24 bits per heavy atom. The highest BCUT2D eigenvalue weighted by Gasteiger charge is 2.33. The fraction of sp³-hybridized carbons (Fsp3) is 0.0625. The highest BCUT2D eigenvalue weighted by Crippen LogP contribution is 2.35. The van der Waals surface area contributed by atoms with Crippen LogP contribution in [-0.2, 0) is 4.79 Å². The molecule has 0 spiro atoms. The monoisotopic (exact) mass is 312 g/mol. The van der Waals surface area contributed by atoms with Gasteiger partial charge in [0, 0.05) is 12.4 Å². The third-order valence-electron chi connectivity index (χ3n) is 3.07. The molecule has 0 N–H and O–H groups in total. The number of thiocarbonyl (C=S) groups is 1. The average molecular weight is 312 g/mol. The van der Waals surface area contributed by atoms with E-state index in [9.17, 15) is 4.79 Å². The molecule has 1 aromatic heterocycles. The molecule has 5 heteroatoms. The van der Waals surface area contributed by atoms with Crippen LogP contribution >= 0.6 is 24.0 Å². The number of carbonyl (C=O) groups is 1. The molecule has 1 fully saturated rings. The first-order chi connectivity index (χ1) is 10.1. The van der Waals surface area contributed by atoms with Crippen LogP contribution in [0.4, 0.5) is 5.69 Å². The lowest BCUT2D eigenvalue weighted by Gasteiger charge is -2.14. The third-order valence-corrected chi connectivity index (χ3v) is 4.37. The van der Waals surface area contributed by atoms with Crippen LogP contribution in [0, 0.1) is 6.92 Å². The fourth-order valence-corrected chi connectivity index (χ4v) is 3.30. The number of hydrogen-bond donors (Lipinski definition) is 0. The maximum atomic E-state index is 12.5. The highest BCUT2D eigenvalue weighted by atomic mass is 32.2. The van der Waals surface area contributed by atoms with Crippen molar-refractivity contribution >= 4 is 46.0 Å². The maximum absolute atomic E-state index is 12.5. The van der Waals surface area contributed by atoms with Gasteiger partial charge in [-0.15, -0.1) is 0 Å². The summed E-state index contributed by atoms with van der Waals surface area (Å²) in [5.41, 5.74) is 2.84. The predicted molar refractivity (Wildman–Crippen MR) is 91.1 cm³/mol. The number of pyridine rings is 1. The normalized spacial score (nSPS) is 16.8. The molecule has 1 aliphatic rings. The molecule has 0 saturated carbocycles. The van der Waals surface area contributed by atoms with Crippen LogP contribution < -0.4 is 4.90 Å². The smallest absolute Gasteiger partial charge is 0.268 e. The Labute approximate surface area is 132 Å². The van der Waals surface area contributed by atoms with E-state index >= 15 is 0 Å². The van der Waals surface area contributed by atoms with Gasteiger partial charge < -0.3 is 0 Å². The largest absolute Gasteiger partial charge is 0.270 e. The topological polar surface area (TPSA) is 33.2 Å². The second-order valence-corrected chi connectivity index (χ2v) is 6.31. The van der Waals surface area contributed by atoms with Gasteiger partial charge in [-0.2, -0.15) is 0 Å². The molecule has 104 valence electrons. The molecule has 3 rings (SSSR count). The van der Waals surface area contributed by atoms with Crippen molar-refractivity contribution < 1.29 is 4.79 Å². The third kappa shape index (κ3) is 2.89. The van der Waals surface area contributed by atoms with Crippen molar-refractivity contribution in [3.63, 3.8) is 0 Å². The summed E-state index contributed by atoms with van der Waals surface area (Å²) in [6, 6.07) is 11.5. The summed E-state index contributed by atoms with van der Waals surface area (Å²) in [5.74, 6) is -0.0855. The van der Waals surface area contributed by atoms with E-state index in [-0.39, 0.29) is 5.91 Å². The summed E-state index contributed by atoms with van der Waals surface area (Å²) in [7, 11) is 0. The van der Waals surface area contributed by atoms with Crippen LogP contribution in [0.25, 0.3) is 6.08 Å². The van der Waals surface area contributed by atoms with Crippen LogP contribution in [-0.4, -0.2) is 15.2 Å². The zero-order valence-electron chi connectivity index (χ0n) is 11.3. The van der Waals surface area contributed by atoms with E-state index in [1.165, 1.54) is 11.8 Å². The van der Waals surface area contributed by atoms with Gasteiger partial charge in [0.05, 0.1) is 10.6 Å². The number of nitrogens with zero attached hydrogens (tertiary/aromatic N) is 2. The molecular weight excluding hydrogens is 300 g/mol. The lowest BCUT2D eigenvalue weighted by atomic mass is 10.2. The number of benzene rings is 1. The van der Waals surface area contributed by atoms with Crippen molar-refractivity contribution in [3.8, 4) is 0 Å². The minimum absolute atomic E-state index is 0.0855. The quantitative estimate of drug-likeness (QED) is 0.624. The van der Waals surface area contributed by atoms with Gasteiger partial charge in [0.15, 0.2) is 4.32 Å². The predicted octanol–water partition coefficient (Wildman–Crippen LogP) is 3.80. The molecule has 0 radical (unpaired) electrons. The standard InChI is InChI=1S/C16H12N2OS2/c1-11-4-6-13(7-5-11)18-15(19)14(21-16(18)20)9-12-3-2-8-17-10-12/h2-10H,1H3. The maximum Gasteiger partial charge on any atom is 0.270 e. The van der Waals surface area contributed by atoms with E-state index in [4.69, 9.17) is 12.2 Å². The average Bonchev–Trinajstić information content (AvgIpc) is 2.76. The van der Waals surface area contributed by atoms with E-state index in [1.54, 1.807) is 17.3 Å². The number of rotatable bonds is 2. The first-order valence-electron chi connectivity index (χ1n) is 6.40. The molecule has 0 bridgehead atoms. The van der Waals surface area contributed by atoms with Gasteiger partial charge in [-0.1, -0.05) is 47.7 Å². The van der Waals surface area contributed by atoms with Crippen LogP contribution in [0.2, 0.25) is 0 Å². The Balaban J connectivity index is 1.92. The van der Waals surface area contributed by atoms with E-state index in [0.29, 0.717) is 9.23 Å². The summed E-state index contributed by atoms with van der Waals surface area (Å²) in [4.78, 5) is 18.8. The second kappa shape index (κ2) is 5.79. The van der Waals surface area contributed by atoms with Crippen molar-refractivity contribution in [2.45, 2.75) is 6.92 Å². The summed E-state index contributed by atoms with van der Waals surface area (Å²) in [6.07, 6.45) is 5.24. The van der Waals surface area contributed by atoms with E-state index < -0.39 is 0 Å². The molecule has 1 aliphatic heterocycles. The molecule has 0 unspecified atom stereocenters. The Morgan fingerprint density at radius 3 is 2.67 bits per heavy atom. The first-order valence-corrected chi connectivity index (χ1v) is 7.62. The molecule has 1 amide bonds. The molecule has 2 aromatic rings. The van der Waals surface area contributed by atoms with Gasteiger partial charge in [0.1, 0.15) is 0 Å². The zero-order valence-corrected chi connectivity index (χ0v) is 12.9. The van der Waals surface area contributed by atoms with Crippen LogP contribution in [0.15, 0.2) is 53.7 Å². The molecule has 0 atom stereocenters. The minimum atomic E-state index is -0.0855. The Bertz CT molecular complexity index is 724. The summed E-state index contributed by atoms with van der Waals surface area (Å²) < 4.78 is 0.555. The minimum Gasteiger partial charge on any atom is -0.268 e. The van der Waals surface area contributed by atoms with Crippen molar-refractivity contribution in [2.24, 2.45) is 0 Å². The number of aromatic nitrogens is 1. The molecule has 0 aliphatic carbocycles.